The summed E-state index contributed by atoms with van der Waals surface area (Å²) >= 11 is 6.55. The molecule has 4 nitrogen and oxygen atoms in total. The van der Waals surface area contributed by atoms with Gasteiger partial charge >= 0.3 is 0 Å². The second-order valence-electron chi connectivity index (χ2n) is 4.52. The van der Waals surface area contributed by atoms with E-state index in [4.69, 9.17) is 22.6 Å². The first-order chi connectivity index (χ1) is 8.56. The van der Waals surface area contributed by atoms with E-state index in [0.29, 0.717) is 12.2 Å². The summed E-state index contributed by atoms with van der Waals surface area (Å²) in [5.74, 6) is -0.414. The minimum Gasteiger partial charge on any atom is -0.326 e. The fourth-order valence-corrected chi connectivity index (χ4v) is 2.25. The van der Waals surface area contributed by atoms with E-state index in [-0.39, 0.29) is 6.04 Å². The molecule has 1 aliphatic rings. The van der Waals surface area contributed by atoms with E-state index in [1.807, 2.05) is 31.3 Å². The molecule has 0 fully saturated rings. The lowest BCUT2D eigenvalue weighted by Crippen LogP contribution is -2.28. The van der Waals surface area contributed by atoms with Crippen molar-refractivity contribution < 1.29 is 0 Å². The molecule has 5 heteroatoms. The number of rotatable bonds is 3. The lowest BCUT2D eigenvalue weighted by Gasteiger charge is -2.26. The molecule has 0 saturated carbocycles. The Bertz CT molecular complexity index is 523. The second-order valence-corrected chi connectivity index (χ2v) is 5.14. The van der Waals surface area contributed by atoms with Crippen LogP contribution in [0, 0.1) is 17.2 Å². The first-order valence-corrected chi connectivity index (χ1v) is 6.18. The van der Waals surface area contributed by atoms with Gasteiger partial charge in [0.15, 0.2) is 0 Å². The number of aromatic nitrogens is 2. The highest BCUT2D eigenvalue weighted by Crippen LogP contribution is 2.40. The Balaban J connectivity index is 2.30. The molecule has 0 bridgehead atoms. The van der Waals surface area contributed by atoms with Crippen molar-refractivity contribution in [2.45, 2.75) is 24.4 Å². The number of nitrogens with zero attached hydrogens (tertiary/aromatic N) is 3. The van der Waals surface area contributed by atoms with Crippen molar-refractivity contribution in [3.8, 4) is 6.07 Å². The van der Waals surface area contributed by atoms with E-state index in [9.17, 15) is 0 Å². The summed E-state index contributed by atoms with van der Waals surface area (Å²) in [6.45, 7) is 2.54. The van der Waals surface area contributed by atoms with E-state index in [2.05, 4.69) is 11.2 Å². The lowest BCUT2D eigenvalue weighted by molar-refractivity contribution is 0.519. The van der Waals surface area contributed by atoms with Crippen LogP contribution in [0.25, 0.3) is 0 Å². The molecule has 1 aromatic rings. The Morgan fingerprint density at radius 2 is 2.44 bits per heavy atom. The fourth-order valence-electron chi connectivity index (χ4n) is 1.96. The highest BCUT2D eigenvalue weighted by atomic mass is 35.5. The van der Waals surface area contributed by atoms with Gasteiger partial charge in [0.25, 0.3) is 0 Å². The van der Waals surface area contributed by atoms with E-state index in [1.165, 1.54) is 0 Å². The standard InChI is InChI=1S/C13H15ClN4/c1-10(16)9-18-7-5-12(17-18)13(14)6-3-2-4-11(13)8-15/h2-7,10-11H,9,16H2,1H3. The van der Waals surface area contributed by atoms with Crippen LogP contribution < -0.4 is 5.73 Å². The molecule has 0 aromatic carbocycles. The van der Waals surface area contributed by atoms with Crippen LogP contribution in [0.2, 0.25) is 0 Å². The first-order valence-electron chi connectivity index (χ1n) is 5.80. The molecule has 1 aromatic heterocycles. The largest absolute Gasteiger partial charge is 0.326 e. The number of hydrogen-bond acceptors (Lipinski definition) is 3. The predicted octanol–water partition coefficient (Wildman–Crippen LogP) is 1.93. The van der Waals surface area contributed by atoms with E-state index in [1.54, 1.807) is 16.8 Å². The zero-order valence-electron chi connectivity index (χ0n) is 10.1. The predicted molar refractivity (Wildman–Crippen MR) is 70.8 cm³/mol. The number of hydrogen-bond donors (Lipinski definition) is 1. The van der Waals surface area contributed by atoms with Crippen molar-refractivity contribution in [1.29, 1.82) is 5.26 Å². The van der Waals surface area contributed by atoms with Crippen molar-refractivity contribution in [2.24, 2.45) is 11.7 Å². The number of nitriles is 1. The summed E-state index contributed by atoms with van der Waals surface area (Å²) < 4.78 is 1.75. The molecule has 1 heterocycles. The van der Waals surface area contributed by atoms with Gasteiger partial charge in [-0.05, 0) is 13.0 Å². The summed E-state index contributed by atoms with van der Waals surface area (Å²) in [7, 11) is 0. The normalized spacial score (nSPS) is 28.0. The molecule has 3 unspecified atom stereocenters. The number of halogens is 1. The van der Waals surface area contributed by atoms with Crippen LogP contribution >= 0.6 is 11.6 Å². The highest BCUT2D eigenvalue weighted by molar-refractivity contribution is 6.25. The Morgan fingerprint density at radius 3 is 3.11 bits per heavy atom. The molecule has 0 saturated heterocycles. The SMILES string of the molecule is CC(N)Cn1ccc(C2(Cl)C=CC=CC2C#N)n1. The third-order valence-electron chi connectivity index (χ3n) is 2.85. The maximum absolute atomic E-state index is 9.17. The summed E-state index contributed by atoms with van der Waals surface area (Å²) in [6, 6.07) is 4.06. The summed E-state index contributed by atoms with van der Waals surface area (Å²) in [5.41, 5.74) is 6.40. The van der Waals surface area contributed by atoms with Gasteiger partial charge in [-0.1, -0.05) is 24.3 Å². The topological polar surface area (TPSA) is 67.6 Å². The van der Waals surface area contributed by atoms with Crippen LogP contribution in [0.3, 0.4) is 0 Å². The summed E-state index contributed by atoms with van der Waals surface area (Å²) in [6.07, 6.45) is 9.10. The third kappa shape index (κ3) is 2.33. The third-order valence-corrected chi connectivity index (χ3v) is 3.41. The van der Waals surface area contributed by atoms with Crippen LogP contribution in [0.5, 0.6) is 0 Å². The molecule has 0 amide bonds. The van der Waals surface area contributed by atoms with Crippen molar-refractivity contribution in [3.63, 3.8) is 0 Å². The lowest BCUT2D eigenvalue weighted by atomic mass is 9.86. The van der Waals surface area contributed by atoms with Gasteiger partial charge in [-0.15, -0.1) is 11.6 Å². The number of nitrogens with two attached hydrogens (primary N) is 1. The molecule has 0 radical (unpaired) electrons. The highest BCUT2D eigenvalue weighted by Gasteiger charge is 2.38. The van der Waals surface area contributed by atoms with Crippen LogP contribution in [0.1, 0.15) is 12.6 Å². The van der Waals surface area contributed by atoms with Crippen LogP contribution in [0.4, 0.5) is 0 Å². The maximum atomic E-state index is 9.17. The molecule has 1 aliphatic carbocycles. The van der Waals surface area contributed by atoms with Gasteiger partial charge in [-0.3, -0.25) is 4.68 Å². The fraction of sp³-hybridized carbons (Fsp3) is 0.385. The molecular weight excluding hydrogens is 248 g/mol. The quantitative estimate of drug-likeness (QED) is 0.847. The van der Waals surface area contributed by atoms with Crippen molar-refractivity contribution in [1.82, 2.24) is 9.78 Å². The second kappa shape index (κ2) is 4.97. The van der Waals surface area contributed by atoms with Crippen LogP contribution in [0.15, 0.2) is 36.6 Å². The van der Waals surface area contributed by atoms with E-state index in [0.717, 1.165) is 0 Å². The van der Waals surface area contributed by atoms with Crippen molar-refractivity contribution in [3.05, 3.63) is 42.3 Å². The van der Waals surface area contributed by atoms with Gasteiger partial charge in [-0.2, -0.15) is 10.4 Å². The summed E-state index contributed by atoms with van der Waals surface area (Å²) in [4.78, 5) is -0.882. The maximum Gasteiger partial charge on any atom is 0.126 e. The van der Waals surface area contributed by atoms with Gasteiger partial charge in [0, 0.05) is 12.2 Å². The molecule has 0 spiro atoms. The van der Waals surface area contributed by atoms with Crippen molar-refractivity contribution in [2.75, 3.05) is 0 Å². The number of alkyl halides is 1. The molecule has 3 atom stereocenters. The summed E-state index contributed by atoms with van der Waals surface area (Å²) in [5, 5.41) is 13.6. The van der Waals surface area contributed by atoms with Gasteiger partial charge < -0.3 is 5.73 Å². The Hall–Kier alpha value is -1.57. The molecule has 94 valence electrons. The average Bonchev–Trinajstić information content (AvgIpc) is 2.78. The first kappa shape index (κ1) is 12.9. The molecule has 18 heavy (non-hydrogen) atoms. The van der Waals surface area contributed by atoms with E-state index < -0.39 is 10.8 Å². The molecule has 0 aliphatic heterocycles. The minimum atomic E-state index is -0.882. The van der Waals surface area contributed by atoms with Gasteiger partial charge in [-0.25, -0.2) is 0 Å². The zero-order chi connectivity index (χ0) is 13.2. The Labute approximate surface area is 111 Å². The molecule has 2 N–H and O–H groups in total. The molecular formula is C13H15ClN4. The van der Waals surface area contributed by atoms with Gasteiger partial charge in [0.05, 0.1) is 24.2 Å². The number of allylic oxidation sites excluding steroid dienone is 4. The molecule has 2 rings (SSSR count). The Morgan fingerprint density at radius 1 is 1.67 bits per heavy atom. The van der Waals surface area contributed by atoms with Crippen LogP contribution in [-0.4, -0.2) is 15.8 Å². The van der Waals surface area contributed by atoms with E-state index >= 15 is 0 Å². The minimum absolute atomic E-state index is 0.0255. The van der Waals surface area contributed by atoms with Gasteiger partial charge in [0.2, 0.25) is 0 Å². The van der Waals surface area contributed by atoms with Gasteiger partial charge in [0.1, 0.15) is 4.87 Å². The van der Waals surface area contributed by atoms with Crippen molar-refractivity contribution >= 4 is 11.6 Å². The Kier molecular flexibility index (Phi) is 3.55. The monoisotopic (exact) mass is 262 g/mol. The average molecular weight is 263 g/mol. The zero-order valence-corrected chi connectivity index (χ0v) is 10.9. The smallest absolute Gasteiger partial charge is 0.126 e. The van der Waals surface area contributed by atoms with Crippen LogP contribution in [-0.2, 0) is 11.4 Å².